The number of rotatable bonds is 5. The molecule has 152 valence electrons. The van der Waals surface area contributed by atoms with Crippen molar-refractivity contribution in [2.24, 2.45) is 17.7 Å². The molecule has 0 radical (unpaired) electrons. The van der Waals surface area contributed by atoms with Crippen LogP contribution in [0.15, 0.2) is 34.8 Å². The maximum absolute atomic E-state index is 13.6. The molecule has 1 atom stereocenters. The molecule has 1 aliphatic rings. The van der Waals surface area contributed by atoms with Crippen molar-refractivity contribution in [3.8, 4) is 0 Å². The predicted octanol–water partition coefficient (Wildman–Crippen LogP) is 0.921. The lowest BCUT2D eigenvalue weighted by atomic mass is 10.0. The lowest BCUT2D eigenvalue weighted by Crippen LogP contribution is -2.55. The second-order valence-corrected chi connectivity index (χ2v) is 6.39. The quantitative estimate of drug-likeness (QED) is 0.682. The largest absolute Gasteiger partial charge is 0.421 e. The van der Waals surface area contributed by atoms with Crippen LogP contribution in [0.1, 0.15) is 43.1 Å². The Hall–Kier alpha value is -2.89. The molecule has 3 heterocycles. The molecule has 2 aromatic rings. The number of halogens is 3. The van der Waals surface area contributed by atoms with Gasteiger partial charge >= 0.3 is 6.18 Å². The Bertz CT molecular complexity index is 1180. The van der Waals surface area contributed by atoms with Crippen LogP contribution in [0, 0.1) is 0 Å². The number of nitrogens with one attached hydrogen (secondary N) is 2. The summed E-state index contributed by atoms with van der Waals surface area (Å²) >= 11 is 0. The third kappa shape index (κ3) is 3.35. The van der Waals surface area contributed by atoms with Crippen molar-refractivity contribution in [1.29, 1.82) is 0 Å². The number of aryl methyl sites for hydroxylation is 1. The van der Waals surface area contributed by atoms with Gasteiger partial charge in [-0.15, -0.1) is 0 Å². The van der Waals surface area contributed by atoms with Gasteiger partial charge in [0.25, 0.3) is 0 Å². The summed E-state index contributed by atoms with van der Waals surface area (Å²) in [6.07, 6.45) is -2.10. The highest BCUT2D eigenvalue weighted by molar-refractivity contribution is 5.82. The molecule has 4 N–H and O–H groups in total. The molecule has 1 unspecified atom stereocenters. The van der Waals surface area contributed by atoms with Gasteiger partial charge in [0.15, 0.2) is 0 Å². The van der Waals surface area contributed by atoms with Gasteiger partial charge in [0, 0.05) is 30.7 Å². The molecule has 0 amide bonds. The highest BCUT2D eigenvalue weighted by atomic mass is 19.4. The van der Waals surface area contributed by atoms with Crippen molar-refractivity contribution in [2.75, 3.05) is 6.50 Å². The lowest BCUT2D eigenvalue weighted by molar-refractivity contribution is -0.0876. The molecule has 0 aliphatic carbocycles. The molecule has 2 aromatic heterocycles. The highest BCUT2D eigenvalue weighted by Gasteiger charge is 2.43. The van der Waals surface area contributed by atoms with Crippen molar-refractivity contribution in [2.45, 2.75) is 38.2 Å². The van der Waals surface area contributed by atoms with Gasteiger partial charge in [-0.2, -0.15) is 33.3 Å². The van der Waals surface area contributed by atoms with Gasteiger partial charge in [-0.1, -0.05) is 0 Å². The zero-order valence-electron chi connectivity index (χ0n) is 22.7. The van der Waals surface area contributed by atoms with Gasteiger partial charge in [0.05, 0.1) is 18.1 Å². The highest BCUT2D eigenvalue weighted by Crippen LogP contribution is 2.32. The number of allylic oxidation sites excluding steroid dienone is 1. The van der Waals surface area contributed by atoms with Gasteiger partial charge in [0.1, 0.15) is 22.6 Å². The van der Waals surface area contributed by atoms with E-state index in [1.165, 1.54) is 23.3 Å². The van der Waals surface area contributed by atoms with Gasteiger partial charge < -0.3 is 10.6 Å². The third-order valence-electron chi connectivity index (χ3n) is 4.12. The summed E-state index contributed by atoms with van der Waals surface area (Å²) in [5, 5.41) is 15.9. The Morgan fingerprint density at radius 1 is 1.36 bits per heavy atom. The summed E-state index contributed by atoms with van der Waals surface area (Å²) in [5.74, 6) is -3.59. The Kier molecular flexibility index (Phi) is 2.80. The first-order chi connectivity index (χ1) is 16.1. The predicted molar refractivity (Wildman–Crippen MR) is 95.9 cm³/mol. The zero-order valence-corrected chi connectivity index (χ0v) is 14.7. The van der Waals surface area contributed by atoms with Crippen molar-refractivity contribution in [1.82, 2.24) is 35.4 Å². The molecule has 3 rings (SSSR count). The molecule has 28 heavy (non-hydrogen) atoms. The smallest absolute Gasteiger partial charge is 0.372 e. The second-order valence-electron chi connectivity index (χ2n) is 6.39. The number of nitrogens with zero attached hydrogens (tertiary/aromatic N) is 6. The Labute approximate surface area is 170 Å². The molecule has 9 nitrogen and oxygen atoms in total. The fraction of sp³-hybridized carbons (Fsp3) is 0.500. The molecule has 1 aliphatic heterocycles. The summed E-state index contributed by atoms with van der Waals surface area (Å²) in [5.41, 5.74) is 3.15. The van der Waals surface area contributed by atoms with Crippen molar-refractivity contribution >= 4 is 6.21 Å². The minimum absolute atomic E-state index is 0.0598. The fourth-order valence-electron chi connectivity index (χ4n) is 2.59. The summed E-state index contributed by atoms with van der Waals surface area (Å²) < 4.78 is 102. The van der Waals surface area contributed by atoms with Crippen LogP contribution in [0.3, 0.4) is 0 Å². The van der Waals surface area contributed by atoms with Gasteiger partial charge in [-0.3, -0.25) is 10.4 Å². The van der Waals surface area contributed by atoms with Crippen molar-refractivity contribution in [3.63, 3.8) is 0 Å². The number of alkyl halides is 3. The molecule has 0 fully saturated rings. The van der Waals surface area contributed by atoms with Crippen LogP contribution in [0.5, 0.6) is 0 Å². The standard InChI is InChI=1S/C16H22F3N9/c1-5-21-13-10(15(17,18)19)9-22-16(20,25-13)12-8-11(26-27(12)4)14(2,3)28-23-6-7-24-28/h6-9,21,25H,5,20H2,1-4H3/i1D3,4D3,5D2. The van der Waals surface area contributed by atoms with E-state index >= 15 is 0 Å². The third-order valence-corrected chi connectivity index (χ3v) is 4.12. The number of aromatic nitrogens is 5. The fourth-order valence-corrected chi connectivity index (χ4v) is 2.59. The van der Waals surface area contributed by atoms with E-state index in [0.29, 0.717) is 4.68 Å². The van der Waals surface area contributed by atoms with Crippen molar-refractivity contribution < 1.29 is 24.1 Å². The van der Waals surface area contributed by atoms with Crippen LogP contribution in [0.2, 0.25) is 0 Å². The van der Waals surface area contributed by atoms with Gasteiger partial charge in [-0.25, -0.2) is 4.99 Å². The zero-order chi connectivity index (χ0) is 27.5. The van der Waals surface area contributed by atoms with E-state index in [2.05, 4.69) is 25.6 Å². The topological polar surface area (TPSA) is 111 Å². The first-order valence-electron chi connectivity index (χ1n) is 11.8. The minimum Gasteiger partial charge on any atom is -0.372 e. The Morgan fingerprint density at radius 2 is 2.07 bits per heavy atom. The molecule has 0 spiro atoms. The molecule has 0 aromatic carbocycles. The molecular formula is C16H22F3N9. The van der Waals surface area contributed by atoms with E-state index in [0.717, 1.165) is 0 Å². The summed E-state index contributed by atoms with van der Waals surface area (Å²) in [6.45, 7) is -6.48. The SMILES string of the molecule is [2H]C([2H])([2H])n1nc(C(C)(C)n2nccn2)cc1C1(N)N=CC(C(F)(F)F)=C(NC([2H])([2H])C([2H])([2H])[2H])N1. The van der Waals surface area contributed by atoms with Crippen LogP contribution in [-0.4, -0.2) is 43.7 Å². The van der Waals surface area contributed by atoms with Crippen LogP contribution in [0.4, 0.5) is 13.2 Å². The Morgan fingerprint density at radius 3 is 2.68 bits per heavy atom. The van der Waals surface area contributed by atoms with E-state index < -0.39 is 54.9 Å². The minimum atomic E-state index is -5.10. The van der Waals surface area contributed by atoms with Gasteiger partial charge in [-0.05, 0) is 26.8 Å². The first-order valence-corrected chi connectivity index (χ1v) is 7.80. The van der Waals surface area contributed by atoms with E-state index in [9.17, 15) is 13.2 Å². The molecule has 0 saturated carbocycles. The van der Waals surface area contributed by atoms with Gasteiger partial charge in [0.2, 0.25) is 5.79 Å². The Balaban J connectivity index is 2.16. The molecule has 0 saturated heterocycles. The van der Waals surface area contributed by atoms with E-state index in [1.54, 1.807) is 19.2 Å². The molecular weight excluding hydrogens is 375 g/mol. The average molecular weight is 405 g/mol. The first kappa shape index (κ1) is 11.8. The van der Waals surface area contributed by atoms with E-state index in [1.807, 2.05) is 0 Å². The summed E-state index contributed by atoms with van der Waals surface area (Å²) in [6, 6.07) is 1.18. The van der Waals surface area contributed by atoms with Crippen LogP contribution >= 0.6 is 0 Å². The molecule has 12 heteroatoms. The summed E-state index contributed by atoms with van der Waals surface area (Å²) in [4.78, 5) is 4.89. The van der Waals surface area contributed by atoms with Crippen LogP contribution in [-0.2, 0) is 18.3 Å². The normalized spacial score (nSPS) is 26.1. The number of nitrogens with two attached hydrogens (primary N) is 1. The maximum atomic E-state index is 13.6. The van der Waals surface area contributed by atoms with Crippen LogP contribution in [0.25, 0.3) is 0 Å². The second kappa shape index (κ2) is 6.62. The number of hydrogen-bond donors (Lipinski definition) is 3. The van der Waals surface area contributed by atoms with Crippen LogP contribution < -0.4 is 16.4 Å². The molecule has 0 bridgehead atoms. The maximum Gasteiger partial charge on any atom is 0.421 e. The van der Waals surface area contributed by atoms with E-state index in [4.69, 9.17) is 16.7 Å². The summed E-state index contributed by atoms with van der Waals surface area (Å²) in [7, 11) is 0. The van der Waals surface area contributed by atoms with E-state index in [-0.39, 0.29) is 11.9 Å². The number of aliphatic imine (C=N–C) groups is 1. The monoisotopic (exact) mass is 405 g/mol. The van der Waals surface area contributed by atoms with Crippen molar-refractivity contribution in [3.05, 3.63) is 41.2 Å². The number of hydrogen-bond acceptors (Lipinski definition) is 7. The average Bonchev–Trinajstić information content (AvgIpc) is 3.36. The lowest BCUT2D eigenvalue weighted by Gasteiger charge is -2.33.